The van der Waals surface area contributed by atoms with E-state index in [0.29, 0.717) is 11.5 Å². The lowest BCUT2D eigenvalue weighted by Gasteiger charge is -2.18. The zero-order valence-electron chi connectivity index (χ0n) is 18.9. The van der Waals surface area contributed by atoms with Gasteiger partial charge in [-0.1, -0.05) is 30.3 Å². The van der Waals surface area contributed by atoms with Crippen molar-refractivity contribution in [2.75, 3.05) is 7.05 Å². The van der Waals surface area contributed by atoms with Gasteiger partial charge in [-0.2, -0.15) is 10.2 Å². The van der Waals surface area contributed by atoms with Crippen molar-refractivity contribution in [3.05, 3.63) is 72.1 Å². The monoisotopic (exact) mass is 446 g/mol. The molecule has 1 aliphatic heterocycles. The number of aromatic nitrogens is 7. The smallest absolute Gasteiger partial charge is 0.161 e. The average molecular weight is 447 g/mol. The van der Waals surface area contributed by atoms with Crippen molar-refractivity contribution in [1.29, 1.82) is 0 Å². The molecule has 2 aromatic carbocycles. The number of rotatable bonds is 0. The second-order valence-corrected chi connectivity index (χ2v) is 8.95. The molecule has 7 rings (SSSR count). The molecule has 6 bridgehead atoms. The predicted molar refractivity (Wildman–Crippen MR) is 132 cm³/mol. The Morgan fingerprint density at radius 2 is 1.76 bits per heavy atom. The van der Waals surface area contributed by atoms with Gasteiger partial charge in [-0.3, -0.25) is 14.7 Å². The molecule has 0 aliphatic carbocycles. The minimum Gasteiger partial charge on any atom is -0.336 e. The van der Waals surface area contributed by atoms with Gasteiger partial charge in [-0.15, -0.1) is 0 Å². The van der Waals surface area contributed by atoms with E-state index in [1.807, 2.05) is 30.1 Å². The van der Waals surface area contributed by atoms with Crippen LogP contribution < -0.4 is 0 Å². The summed E-state index contributed by atoms with van der Waals surface area (Å²) in [6.07, 6.45) is 1.90. The molecule has 4 aromatic heterocycles. The standard InChI is InChI=1S/C26H22N8/c1-33-13-15-5-3-6-16(11-15)17-7-4-8-20-23(17)30-26(29-20)25-24-21(31-32-25)10-9-19(28-24)18-12-27-34(2)22(18)14-33/h3-12H,13-14H2,1-2H3,(H,29,30)(H,31,32). The number of hydrogen-bond donors (Lipinski definition) is 2. The largest absolute Gasteiger partial charge is 0.336 e. The molecule has 0 saturated heterocycles. The molecular formula is C26H22N8. The van der Waals surface area contributed by atoms with Gasteiger partial charge in [0.2, 0.25) is 0 Å². The van der Waals surface area contributed by atoms with E-state index in [4.69, 9.17) is 9.97 Å². The topological polar surface area (TPSA) is 91.3 Å². The Morgan fingerprint density at radius 1 is 0.853 bits per heavy atom. The summed E-state index contributed by atoms with van der Waals surface area (Å²) in [6.45, 7) is 1.57. The van der Waals surface area contributed by atoms with Crippen LogP contribution >= 0.6 is 0 Å². The molecule has 0 radical (unpaired) electrons. The van der Waals surface area contributed by atoms with Crippen molar-refractivity contribution in [3.63, 3.8) is 0 Å². The van der Waals surface area contributed by atoms with E-state index in [1.54, 1.807) is 0 Å². The van der Waals surface area contributed by atoms with E-state index in [2.05, 4.69) is 74.7 Å². The molecule has 0 saturated carbocycles. The van der Waals surface area contributed by atoms with Gasteiger partial charge in [0.15, 0.2) is 11.5 Å². The van der Waals surface area contributed by atoms with Crippen LogP contribution in [0, 0.1) is 0 Å². The van der Waals surface area contributed by atoms with Gasteiger partial charge >= 0.3 is 0 Å². The summed E-state index contributed by atoms with van der Waals surface area (Å²) in [5.41, 5.74) is 10.8. The highest BCUT2D eigenvalue weighted by Crippen LogP contribution is 2.33. The minimum atomic E-state index is 0.702. The highest BCUT2D eigenvalue weighted by molar-refractivity contribution is 5.96. The van der Waals surface area contributed by atoms with Crippen LogP contribution in [0.5, 0.6) is 0 Å². The number of imidazole rings is 1. The molecule has 166 valence electrons. The van der Waals surface area contributed by atoms with E-state index < -0.39 is 0 Å². The molecule has 8 nitrogen and oxygen atoms in total. The highest BCUT2D eigenvalue weighted by atomic mass is 15.3. The van der Waals surface area contributed by atoms with Crippen LogP contribution in [0.3, 0.4) is 0 Å². The summed E-state index contributed by atoms with van der Waals surface area (Å²) >= 11 is 0. The Morgan fingerprint density at radius 3 is 2.71 bits per heavy atom. The van der Waals surface area contributed by atoms with Crippen LogP contribution in [0.15, 0.2) is 60.8 Å². The Bertz CT molecular complexity index is 1700. The molecule has 1 aliphatic rings. The fraction of sp³-hybridized carbons (Fsp3) is 0.154. The number of benzene rings is 2. The maximum absolute atomic E-state index is 5.01. The molecular weight excluding hydrogens is 424 g/mol. The van der Waals surface area contributed by atoms with E-state index in [1.165, 1.54) is 5.56 Å². The summed E-state index contributed by atoms with van der Waals surface area (Å²) in [5.74, 6) is 0.702. The molecule has 8 heteroatoms. The molecule has 0 fully saturated rings. The molecule has 2 N–H and O–H groups in total. The lowest BCUT2D eigenvalue weighted by atomic mass is 10.0. The Labute approximate surface area is 195 Å². The minimum absolute atomic E-state index is 0.702. The summed E-state index contributed by atoms with van der Waals surface area (Å²) in [5, 5.41) is 12.2. The third kappa shape index (κ3) is 2.89. The molecule has 5 heterocycles. The number of aromatic amines is 2. The lowest BCUT2D eigenvalue weighted by molar-refractivity contribution is 0.310. The van der Waals surface area contributed by atoms with E-state index in [-0.39, 0.29) is 0 Å². The van der Waals surface area contributed by atoms with Crippen LogP contribution in [0.4, 0.5) is 0 Å². The fourth-order valence-corrected chi connectivity index (χ4v) is 4.92. The summed E-state index contributed by atoms with van der Waals surface area (Å²) in [6, 6.07) is 19.0. The quantitative estimate of drug-likeness (QED) is 0.358. The van der Waals surface area contributed by atoms with Crippen LogP contribution in [0.2, 0.25) is 0 Å². The second kappa shape index (κ2) is 7.10. The van der Waals surface area contributed by atoms with Gasteiger partial charge in [-0.05, 0) is 42.4 Å². The number of hydrogen-bond acceptors (Lipinski definition) is 5. The van der Waals surface area contributed by atoms with Crippen molar-refractivity contribution in [2.45, 2.75) is 13.1 Å². The number of para-hydroxylation sites is 1. The number of aryl methyl sites for hydroxylation is 1. The number of H-pyrrole nitrogens is 2. The number of fused-ring (bicyclic) bond motifs is 8. The van der Waals surface area contributed by atoms with Gasteiger partial charge in [0.05, 0.1) is 34.1 Å². The van der Waals surface area contributed by atoms with Crippen molar-refractivity contribution in [1.82, 2.24) is 39.8 Å². The first-order valence-electron chi connectivity index (χ1n) is 11.3. The van der Waals surface area contributed by atoms with Gasteiger partial charge in [0.1, 0.15) is 5.52 Å². The van der Waals surface area contributed by atoms with Crippen LogP contribution in [-0.2, 0) is 20.1 Å². The molecule has 0 spiro atoms. The zero-order chi connectivity index (χ0) is 22.8. The first-order valence-corrected chi connectivity index (χ1v) is 11.3. The predicted octanol–water partition coefficient (Wildman–Crippen LogP) is 4.51. The van der Waals surface area contributed by atoms with Gasteiger partial charge in [0.25, 0.3) is 0 Å². The number of nitrogens with zero attached hydrogens (tertiary/aromatic N) is 6. The third-order valence-corrected chi connectivity index (χ3v) is 6.59. The van der Waals surface area contributed by atoms with Crippen LogP contribution in [0.1, 0.15) is 11.3 Å². The van der Waals surface area contributed by atoms with E-state index in [9.17, 15) is 0 Å². The summed E-state index contributed by atoms with van der Waals surface area (Å²) in [7, 11) is 4.12. The third-order valence-electron chi connectivity index (χ3n) is 6.59. The molecule has 6 aromatic rings. The highest BCUT2D eigenvalue weighted by Gasteiger charge is 2.20. The molecule has 0 unspecified atom stereocenters. The molecule has 0 amide bonds. The average Bonchev–Trinajstić information content (AvgIpc) is 3.55. The Kier molecular flexibility index (Phi) is 4.01. The SMILES string of the molecule is CN1Cc2cccc(c2)-c2cccc3[nH]c(nc23)-c2n[nH]c3ccc(nc23)-c2cnn(C)c2C1. The van der Waals surface area contributed by atoms with Crippen molar-refractivity contribution >= 4 is 22.1 Å². The summed E-state index contributed by atoms with van der Waals surface area (Å²) < 4.78 is 1.94. The van der Waals surface area contributed by atoms with Crippen molar-refractivity contribution in [3.8, 4) is 33.9 Å². The Hall–Kier alpha value is -4.30. The first kappa shape index (κ1) is 19.2. The van der Waals surface area contributed by atoms with Crippen LogP contribution in [-0.4, -0.2) is 46.9 Å². The number of pyridine rings is 1. The molecule has 0 atom stereocenters. The maximum Gasteiger partial charge on any atom is 0.161 e. The van der Waals surface area contributed by atoms with E-state index >= 15 is 0 Å². The second-order valence-electron chi connectivity index (χ2n) is 8.95. The normalized spacial score (nSPS) is 13.8. The maximum atomic E-state index is 5.01. The molecule has 34 heavy (non-hydrogen) atoms. The van der Waals surface area contributed by atoms with Crippen molar-refractivity contribution < 1.29 is 0 Å². The van der Waals surface area contributed by atoms with Gasteiger partial charge in [0, 0.05) is 31.3 Å². The number of nitrogens with one attached hydrogen (secondary N) is 2. The van der Waals surface area contributed by atoms with Crippen LogP contribution in [0.25, 0.3) is 56.0 Å². The lowest BCUT2D eigenvalue weighted by Crippen LogP contribution is -2.19. The fourth-order valence-electron chi connectivity index (χ4n) is 4.92. The van der Waals surface area contributed by atoms with Gasteiger partial charge < -0.3 is 4.98 Å². The first-order chi connectivity index (χ1) is 16.6. The van der Waals surface area contributed by atoms with E-state index in [0.717, 1.165) is 63.2 Å². The summed E-state index contributed by atoms with van der Waals surface area (Å²) in [4.78, 5) is 15.8. The zero-order valence-corrected chi connectivity index (χ0v) is 18.9. The van der Waals surface area contributed by atoms with Gasteiger partial charge in [-0.25, -0.2) is 9.97 Å². The van der Waals surface area contributed by atoms with Crippen molar-refractivity contribution in [2.24, 2.45) is 7.05 Å². The Balaban J connectivity index is 1.53.